The van der Waals surface area contributed by atoms with Crippen LogP contribution < -0.4 is 38.2 Å². The first-order valence-electron chi connectivity index (χ1n) is 18.5. The number of para-hydroxylation sites is 1. The van der Waals surface area contributed by atoms with Crippen molar-refractivity contribution >= 4 is 11.6 Å². The molecule has 3 rings (SSSR count). The highest BCUT2D eigenvalue weighted by Gasteiger charge is 2.24. The average molecular weight is 755 g/mol. The average Bonchev–Trinajstić information content (AvgIpc) is 3.05. The van der Waals surface area contributed by atoms with Gasteiger partial charge in [-0.3, -0.25) is 4.79 Å². The Hall–Kier alpha value is -2.41. The fourth-order valence-electron chi connectivity index (χ4n) is 6.14. The van der Waals surface area contributed by atoms with Crippen molar-refractivity contribution in [2.24, 2.45) is 0 Å². The van der Waals surface area contributed by atoms with Crippen LogP contribution in [0.1, 0.15) is 152 Å². The van der Waals surface area contributed by atoms with Crippen molar-refractivity contribution in [3.8, 4) is 5.75 Å². The molecule has 260 valence electrons. The minimum Gasteiger partial charge on any atom is -1.00 e. The lowest BCUT2D eigenvalue weighted by Gasteiger charge is -2.26. The molecule has 0 radical (unpaired) electrons. The highest BCUT2D eigenvalue weighted by Crippen LogP contribution is 2.33. The zero-order chi connectivity index (χ0) is 33.0. The van der Waals surface area contributed by atoms with Gasteiger partial charge < -0.3 is 33.6 Å². The Morgan fingerprint density at radius 1 is 0.723 bits per heavy atom. The van der Waals surface area contributed by atoms with Crippen molar-refractivity contribution in [1.82, 2.24) is 0 Å². The van der Waals surface area contributed by atoms with Crippen molar-refractivity contribution in [2.45, 2.75) is 149 Å². The molecule has 1 aromatic heterocycles. The number of ether oxygens (including phenoxy) is 1. The van der Waals surface area contributed by atoms with Crippen molar-refractivity contribution in [2.75, 3.05) is 11.5 Å². The van der Waals surface area contributed by atoms with E-state index in [-0.39, 0.29) is 35.3 Å². The largest absolute Gasteiger partial charge is 1.00 e. The molecular formula is C42H63IN2O2. The second kappa shape index (κ2) is 23.0. The van der Waals surface area contributed by atoms with E-state index in [1.165, 1.54) is 89.0 Å². The number of halogens is 1. The third-order valence-electron chi connectivity index (χ3n) is 8.85. The van der Waals surface area contributed by atoms with Gasteiger partial charge in [0.1, 0.15) is 17.9 Å². The van der Waals surface area contributed by atoms with Gasteiger partial charge in [-0.05, 0) is 53.3 Å². The van der Waals surface area contributed by atoms with Crippen LogP contribution in [0.3, 0.4) is 0 Å². The summed E-state index contributed by atoms with van der Waals surface area (Å²) < 4.78 is 8.48. The van der Waals surface area contributed by atoms with Gasteiger partial charge in [0.05, 0.1) is 13.2 Å². The molecule has 0 aliphatic heterocycles. The summed E-state index contributed by atoms with van der Waals surface area (Å²) in [5.74, 6) is 0.972. The number of nitrogens with zero attached hydrogens (tertiary/aromatic N) is 2. The highest BCUT2D eigenvalue weighted by molar-refractivity contribution is 6.05. The van der Waals surface area contributed by atoms with Crippen molar-refractivity contribution in [3.05, 3.63) is 89.7 Å². The van der Waals surface area contributed by atoms with Gasteiger partial charge in [-0.25, -0.2) is 4.57 Å². The molecule has 0 bridgehead atoms. The van der Waals surface area contributed by atoms with E-state index in [0.29, 0.717) is 12.1 Å². The van der Waals surface area contributed by atoms with Gasteiger partial charge in [-0.15, -0.1) is 0 Å². The Labute approximate surface area is 304 Å². The molecule has 0 spiro atoms. The van der Waals surface area contributed by atoms with Crippen LogP contribution >= 0.6 is 0 Å². The Balaban J connectivity index is 0.00000768. The first-order chi connectivity index (χ1) is 22.3. The minimum atomic E-state index is -0.0758. The van der Waals surface area contributed by atoms with E-state index in [9.17, 15) is 4.79 Å². The molecule has 0 atom stereocenters. The number of amides is 1. The maximum Gasteiger partial charge on any atom is 0.264 e. The van der Waals surface area contributed by atoms with Gasteiger partial charge in [0.25, 0.3) is 5.91 Å². The van der Waals surface area contributed by atoms with E-state index in [4.69, 9.17) is 4.74 Å². The van der Waals surface area contributed by atoms with Crippen LogP contribution in [0.25, 0.3) is 0 Å². The SMILES string of the molecule is CCCCCCCCCCCCCCCCOc1ccc(CN(C(=O)c2ccc[n+](CCC)c2)c2ccccc2)cc1C(C)(C)C.[I-]. The summed E-state index contributed by atoms with van der Waals surface area (Å²) in [4.78, 5) is 15.8. The molecule has 47 heavy (non-hydrogen) atoms. The summed E-state index contributed by atoms with van der Waals surface area (Å²) in [5, 5.41) is 0. The molecule has 0 aliphatic rings. The van der Waals surface area contributed by atoms with Crippen molar-refractivity contribution in [3.63, 3.8) is 0 Å². The monoisotopic (exact) mass is 754 g/mol. The number of unbranched alkanes of at least 4 members (excludes halogenated alkanes) is 13. The lowest BCUT2D eigenvalue weighted by atomic mass is 9.85. The first-order valence-corrected chi connectivity index (χ1v) is 18.5. The van der Waals surface area contributed by atoms with Crippen LogP contribution in [-0.4, -0.2) is 12.5 Å². The summed E-state index contributed by atoms with van der Waals surface area (Å²) in [7, 11) is 0. The molecule has 0 unspecified atom stereocenters. The fourth-order valence-corrected chi connectivity index (χ4v) is 6.14. The molecule has 5 heteroatoms. The van der Waals surface area contributed by atoms with E-state index in [2.05, 4.69) is 57.4 Å². The normalized spacial score (nSPS) is 11.3. The van der Waals surface area contributed by atoms with Gasteiger partial charge in [-0.2, -0.15) is 0 Å². The number of pyridine rings is 1. The van der Waals surface area contributed by atoms with E-state index >= 15 is 0 Å². The molecule has 2 aromatic carbocycles. The van der Waals surface area contributed by atoms with Gasteiger partial charge in [-0.1, -0.05) is 142 Å². The Bertz CT molecular complexity index is 1270. The van der Waals surface area contributed by atoms with Crippen LogP contribution in [0.5, 0.6) is 5.75 Å². The molecule has 1 heterocycles. The van der Waals surface area contributed by atoms with E-state index in [1.54, 1.807) is 0 Å². The highest BCUT2D eigenvalue weighted by atomic mass is 127. The standard InChI is InChI=1S/C42H63N2O2.HI/c1-6-8-9-10-11-12-13-14-15-16-17-18-19-23-32-46-40-29-28-36(33-39(40)42(3,4)5)34-44(38-26-21-20-22-27-38)41(45)37-25-24-31-43(35-37)30-7-2;/h20-22,24-29,31,33,35H,6-19,23,30,32,34H2,1-5H3;1H/q+1;/p-1. The Kier molecular flexibility index (Phi) is 20.0. The zero-order valence-electron chi connectivity index (χ0n) is 30.2. The second-order valence-electron chi connectivity index (χ2n) is 14.1. The summed E-state index contributed by atoms with van der Waals surface area (Å²) in [5.41, 5.74) is 3.81. The van der Waals surface area contributed by atoms with Crippen LogP contribution in [-0.2, 0) is 18.5 Å². The van der Waals surface area contributed by atoms with Gasteiger partial charge >= 0.3 is 0 Å². The molecular weight excluding hydrogens is 691 g/mol. The number of carbonyl (C=O) groups is 1. The third kappa shape index (κ3) is 15.1. The summed E-state index contributed by atoms with van der Waals surface area (Å²) in [6.07, 6.45) is 24.0. The molecule has 0 fully saturated rings. The number of anilines is 1. The smallest absolute Gasteiger partial charge is 0.264 e. The van der Waals surface area contributed by atoms with E-state index < -0.39 is 0 Å². The summed E-state index contributed by atoms with van der Waals surface area (Å²) in [6, 6.07) is 20.4. The Morgan fingerprint density at radius 3 is 1.89 bits per heavy atom. The summed E-state index contributed by atoms with van der Waals surface area (Å²) >= 11 is 0. The first kappa shape index (κ1) is 40.8. The topological polar surface area (TPSA) is 33.4 Å². The quantitative estimate of drug-likeness (QED) is 0.0587. The zero-order valence-corrected chi connectivity index (χ0v) is 32.4. The maximum absolute atomic E-state index is 13.9. The minimum absolute atomic E-state index is 0. The van der Waals surface area contributed by atoms with E-state index in [0.717, 1.165) is 43.0 Å². The van der Waals surface area contributed by atoms with Gasteiger partial charge in [0.15, 0.2) is 12.4 Å². The van der Waals surface area contributed by atoms with Crippen molar-refractivity contribution in [1.29, 1.82) is 0 Å². The van der Waals surface area contributed by atoms with Crippen LogP contribution in [0.15, 0.2) is 73.1 Å². The molecule has 0 N–H and O–H groups in total. The number of hydrogen-bond acceptors (Lipinski definition) is 2. The number of carbonyl (C=O) groups excluding carboxylic acids is 1. The number of aryl methyl sites for hydroxylation is 1. The molecule has 3 aromatic rings. The molecule has 4 nitrogen and oxygen atoms in total. The lowest BCUT2D eigenvalue weighted by molar-refractivity contribution is -0.697. The maximum atomic E-state index is 13.9. The van der Waals surface area contributed by atoms with Crippen molar-refractivity contribution < 1.29 is 38.1 Å². The molecule has 1 amide bonds. The second-order valence-corrected chi connectivity index (χ2v) is 14.1. The number of aromatic nitrogens is 1. The Morgan fingerprint density at radius 2 is 1.32 bits per heavy atom. The van der Waals surface area contributed by atoms with Gasteiger partial charge in [0.2, 0.25) is 0 Å². The number of hydrogen-bond donors (Lipinski definition) is 0. The number of rotatable bonds is 22. The molecule has 0 saturated heterocycles. The molecule has 0 aliphatic carbocycles. The molecule has 0 saturated carbocycles. The third-order valence-corrected chi connectivity index (χ3v) is 8.85. The predicted octanol–water partition coefficient (Wildman–Crippen LogP) is 8.39. The van der Waals surface area contributed by atoms with E-state index in [1.807, 2.05) is 59.8 Å². The lowest BCUT2D eigenvalue weighted by Crippen LogP contribution is -3.00. The van der Waals surface area contributed by atoms with Crippen LogP contribution in [0.2, 0.25) is 0 Å². The fraction of sp³-hybridized carbons (Fsp3) is 0.571. The van der Waals surface area contributed by atoms with Crippen LogP contribution in [0.4, 0.5) is 5.69 Å². The van der Waals surface area contributed by atoms with Crippen LogP contribution in [0, 0.1) is 0 Å². The summed E-state index contributed by atoms with van der Waals surface area (Å²) in [6.45, 7) is 13.3. The predicted molar refractivity (Wildman–Crippen MR) is 195 cm³/mol. The number of benzene rings is 2. The van der Waals surface area contributed by atoms with Gasteiger partial charge in [0, 0.05) is 18.2 Å².